The quantitative estimate of drug-likeness (QED) is 0.360. The van der Waals surface area contributed by atoms with Gasteiger partial charge in [-0.2, -0.15) is 0 Å². The maximum atomic E-state index is 5.65. The molecule has 0 fully saturated rings. The van der Waals surface area contributed by atoms with Crippen molar-refractivity contribution in [1.82, 2.24) is 15.0 Å². The standard InChI is InChI=1S/C26H28N4OS/c1-15-8-9-16(2)21(12-15)19-6-5-7-23-24(19)30-26(32-23)29-18-10-11-20(22(13-18)31-4)25-27-14-17(3)28-25/h8-14,19H,5-7H2,1-4H3,(H,27,28)(H,29,30). The first kappa shape index (κ1) is 20.8. The summed E-state index contributed by atoms with van der Waals surface area (Å²) in [6.07, 6.45) is 5.37. The third-order valence-electron chi connectivity index (χ3n) is 6.18. The normalized spacial score (nSPS) is 15.4. The number of aromatic nitrogens is 3. The molecule has 2 aromatic heterocycles. The van der Waals surface area contributed by atoms with Gasteiger partial charge in [-0.15, -0.1) is 11.3 Å². The summed E-state index contributed by atoms with van der Waals surface area (Å²) in [7, 11) is 1.69. The molecule has 32 heavy (non-hydrogen) atoms. The Hall–Kier alpha value is -3.12. The van der Waals surface area contributed by atoms with Crippen LogP contribution in [0.3, 0.4) is 0 Å². The molecule has 0 saturated heterocycles. The maximum Gasteiger partial charge on any atom is 0.187 e. The van der Waals surface area contributed by atoms with Gasteiger partial charge in [-0.05, 0) is 63.3 Å². The van der Waals surface area contributed by atoms with Gasteiger partial charge in [0.15, 0.2) is 5.13 Å². The number of aryl methyl sites for hydroxylation is 4. The van der Waals surface area contributed by atoms with Gasteiger partial charge in [0.2, 0.25) is 0 Å². The first-order chi connectivity index (χ1) is 15.5. The van der Waals surface area contributed by atoms with Crippen LogP contribution >= 0.6 is 11.3 Å². The van der Waals surface area contributed by atoms with Crippen LogP contribution in [0.15, 0.2) is 42.6 Å². The summed E-state index contributed by atoms with van der Waals surface area (Å²) in [4.78, 5) is 14.2. The van der Waals surface area contributed by atoms with Crippen LogP contribution in [0.4, 0.5) is 10.8 Å². The monoisotopic (exact) mass is 444 g/mol. The van der Waals surface area contributed by atoms with Crippen molar-refractivity contribution in [3.05, 3.63) is 75.6 Å². The number of H-pyrrole nitrogens is 1. The van der Waals surface area contributed by atoms with Crippen LogP contribution in [-0.4, -0.2) is 22.1 Å². The Morgan fingerprint density at radius 1 is 1.09 bits per heavy atom. The van der Waals surface area contributed by atoms with E-state index in [0.717, 1.165) is 46.5 Å². The zero-order valence-electron chi connectivity index (χ0n) is 19.0. The summed E-state index contributed by atoms with van der Waals surface area (Å²) in [5, 5.41) is 4.46. The number of benzene rings is 2. The number of methoxy groups -OCH3 is 1. The van der Waals surface area contributed by atoms with E-state index in [2.05, 4.69) is 53.4 Å². The number of nitrogens with one attached hydrogen (secondary N) is 2. The second-order valence-electron chi connectivity index (χ2n) is 8.56. The Balaban J connectivity index is 1.44. The largest absolute Gasteiger partial charge is 0.496 e. The molecule has 1 unspecified atom stereocenters. The van der Waals surface area contributed by atoms with Gasteiger partial charge >= 0.3 is 0 Å². The molecule has 0 saturated carbocycles. The van der Waals surface area contributed by atoms with Gasteiger partial charge in [0.05, 0.1) is 24.1 Å². The Labute approximate surface area is 192 Å². The van der Waals surface area contributed by atoms with Crippen LogP contribution in [0.25, 0.3) is 11.4 Å². The molecule has 0 aliphatic heterocycles. The predicted octanol–water partition coefficient (Wildman–Crippen LogP) is 6.68. The maximum absolute atomic E-state index is 5.65. The number of hydrogen-bond donors (Lipinski definition) is 2. The molecule has 2 heterocycles. The Kier molecular flexibility index (Phi) is 5.47. The lowest BCUT2D eigenvalue weighted by molar-refractivity contribution is 0.416. The van der Waals surface area contributed by atoms with E-state index in [1.807, 2.05) is 25.3 Å². The van der Waals surface area contributed by atoms with Gasteiger partial charge in [0.25, 0.3) is 0 Å². The van der Waals surface area contributed by atoms with Gasteiger partial charge < -0.3 is 15.0 Å². The van der Waals surface area contributed by atoms with E-state index < -0.39 is 0 Å². The van der Waals surface area contributed by atoms with Gasteiger partial charge in [0, 0.05) is 28.7 Å². The van der Waals surface area contributed by atoms with Crippen molar-refractivity contribution < 1.29 is 4.74 Å². The van der Waals surface area contributed by atoms with Gasteiger partial charge in [0.1, 0.15) is 11.6 Å². The molecule has 4 aromatic rings. The molecular formula is C26H28N4OS. The number of anilines is 2. The SMILES string of the molecule is COc1cc(Nc2nc3c(s2)CCCC3c2cc(C)ccc2C)ccc1-c1nc(C)c[nH]1. The number of hydrogen-bond acceptors (Lipinski definition) is 5. The summed E-state index contributed by atoms with van der Waals surface area (Å²) < 4.78 is 5.65. The topological polar surface area (TPSA) is 62.8 Å². The lowest BCUT2D eigenvalue weighted by Crippen LogP contribution is -2.11. The first-order valence-electron chi connectivity index (χ1n) is 11.1. The van der Waals surface area contributed by atoms with Gasteiger partial charge in [-0.3, -0.25) is 0 Å². The van der Waals surface area contributed by atoms with Crippen LogP contribution in [0.5, 0.6) is 5.75 Å². The number of rotatable bonds is 5. The van der Waals surface area contributed by atoms with Crippen molar-refractivity contribution in [3.63, 3.8) is 0 Å². The van der Waals surface area contributed by atoms with E-state index in [1.54, 1.807) is 18.4 Å². The zero-order chi connectivity index (χ0) is 22.2. The summed E-state index contributed by atoms with van der Waals surface area (Å²) in [5.74, 6) is 1.97. The lowest BCUT2D eigenvalue weighted by Gasteiger charge is -2.23. The molecule has 1 aliphatic rings. The average Bonchev–Trinajstić information content (AvgIpc) is 3.40. The smallest absolute Gasteiger partial charge is 0.187 e. The third-order valence-corrected chi connectivity index (χ3v) is 7.22. The minimum Gasteiger partial charge on any atom is -0.496 e. The molecule has 164 valence electrons. The average molecular weight is 445 g/mol. The molecule has 1 aliphatic carbocycles. The summed E-state index contributed by atoms with van der Waals surface area (Å²) in [6.45, 7) is 6.35. The second kappa shape index (κ2) is 8.43. The van der Waals surface area contributed by atoms with Crippen LogP contribution in [-0.2, 0) is 6.42 Å². The van der Waals surface area contributed by atoms with Crippen molar-refractivity contribution in [2.75, 3.05) is 12.4 Å². The molecule has 6 heteroatoms. The summed E-state index contributed by atoms with van der Waals surface area (Å²) in [6, 6.07) is 12.9. The van der Waals surface area contributed by atoms with Crippen LogP contribution in [0, 0.1) is 20.8 Å². The predicted molar refractivity (Wildman–Crippen MR) is 131 cm³/mol. The highest BCUT2D eigenvalue weighted by Gasteiger charge is 2.27. The van der Waals surface area contributed by atoms with Crippen LogP contribution in [0.1, 0.15) is 51.7 Å². The minimum absolute atomic E-state index is 0.379. The fourth-order valence-corrected chi connectivity index (χ4v) is 5.63. The molecule has 5 nitrogen and oxygen atoms in total. The van der Waals surface area contributed by atoms with Crippen LogP contribution in [0.2, 0.25) is 0 Å². The highest BCUT2D eigenvalue weighted by atomic mass is 32.1. The molecule has 0 bridgehead atoms. The van der Waals surface area contributed by atoms with Crippen molar-refractivity contribution in [3.8, 4) is 17.1 Å². The van der Waals surface area contributed by atoms with Crippen molar-refractivity contribution in [1.29, 1.82) is 0 Å². The highest BCUT2D eigenvalue weighted by molar-refractivity contribution is 7.15. The van der Waals surface area contributed by atoms with Crippen molar-refractivity contribution in [2.24, 2.45) is 0 Å². The summed E-state index contributed by atoms with van der Waals surface area (Å²) in [5.41, 5.74) is 8.18. The fraction of sp³-hybridized carbons (Fsp3) is 0.308. The molecule has 2 N–H and O–H groups in total. The zero-order valence-corrected chi connectivity index (χ0v) is 19.8. The van der Waals surface area contributed by atoms with Crippen LogP contribution < -0.4 is 10.1 Å². The third kappa shape index (κ3) is 3.91. The number of imidazole rings is 1. The molecule has 5 rings (SSSR count). The van der Waals surface area contributed by atoms with E-state index >= 15 is 0 Å². The number of nitrogens with zero attached hydrogens (tertiary/aromatic N) is 2. The Morgan fingerprint density at radius 2 is 1.97 bits per heavy atom. The highest BCUT2D eigenvalue weighted by Crippen LogP contribution is 2.42. The van der Waals surface area contributed by atoms with Crippen molar-refractivity contribution >= 4 is 22.2 Å². The Morgan fingerprint density at radius 3 is 2.75 bits per heavy atom. The van der Waals surface area contributed by atoms with Gasteiger partial charge in [-0.25, -0.2) is 9.97 Å². The number of thiazole rings is 1. The van der Waals surface area contributed by atoms with E-state index in [4.69, 9.17) is 9.72 Å². The molecule has 0 amide bonds. The van der Waals surface area contributed by atoms with Gasteiger partial charge in [-0.1, -0.05) is 23.8 Å². The van der Waals surface area contributed by atoms with E-state index in [1.165, 1.54) is 33.7 Å². The molecule has 2 aromatic carbocycles. The molecule has 0 spiro atoms. The number of fused-ring (bicyclic) bond motifs is 1. The second-order valence-corrected chi connectivity index (χ2v) is 9.65. The van der Waals surface area contributed by atoms with E-state index in [-0.39, 0.29) is 0 Å². The van der Waals surface area contributed by atoms with E-state index in [0.29, 0.717) is 5.92 Å². The fourth-order valence-electron chi connectivity index (χ4n) is 4.55. The molecule has 0 radical (unpaired) electrons. The minimum atomic E-state index is 0.379. The first-order valence-corrected chi connectivity index (χ1v) is 11.9. The summed E-state index contributed by atoms with van der Waals surface area (Å²) >= 11 is 1.77. The van der Waals surface area contributed by atoms with Crippen molar-refractivity contribution in [2.45, 2.75) is 46.0 Å². The van der Waals surface area contributed by atoms with E-state index in [9.17, 15) is 0 Å². The molecule has 1 atom stereocenters. The Bertz CT molecular complexity index is 1270. The molecular weight excluding hydrogens is 416 g/mol. The number of aromatic amines is 1. The lowest BCUT2D eigenvalue weighted by atomic mass is 9.83. The number of ether oxygens (including phenoxy) is 1.